The average molecular weight is 855 g/mol. The monoisotopic (exact) mass is 854 g/mol. The van der Waals surface area contributed by atoms with E-state index in [4.69, 9.17) is 19.9 Å². The molecule has 0 radical (unpaired) electrons. The zero-order valence-corrected chi connectivity index (χ0v) is 37.1. The van der Waals surface area contributed by atoms with Crippen molar-refractivity contribution >= 4 is 17.2 Å². The van der Waals surface area contributed by atoms with Crippen molar-refractivity contribution in [2.45, 2.75) is 127 Å². The number of nitrogens with zero attached hydrogens (tertiary/aromatic N) is 4. The summed E-state index contributed by atoms with van der Waals surface area (Å²) in [7, 11) is 3.57. The molecular formula is C52H56FeN4P2. The zero-order chi connectivity index (χ0) is 37.9. The first-order chi connectivity index (χ1) is 28.8. The van der Waals surface area contributed by atoms with Gasteiger partial charge in [-0.3, -0.25) is 0 Å². The summed E-state index contributed by atoms with van der Waals surface area (Å²) < 4.78 is 1.42. The Kier molecular flexibility index (Phi) is 3.18. The van der Waals surface area contributed by atoms with E-state index in [0.29, 0.717) is 12.9 Å². The quantitative estimate of drug-likeness (QED) is 0.124. The SMILES string of the molecule is PC(c1ncccn1)(c1ncccn1)[C]12[CH]3[C]4(c5ccccc5)[C]5(c6ccccc6)[C]1(CP(C1C6CC7CC(C6)CC1C7)C1C6CC7CC(C6)CC1C7)[Fe]34521678[CH]2[CH]1[CH]6[CH]7[CH]28. The molecule has 8 saturated carbocycles. The molecule has 2 aromatic carbocycles. The van der Waals surface area contributed by atoms with Crippen LogP contribution in [0.2, 0.25) is 37.5 Å². The molecule has 8 bridgehead atoms. The molecule has 22 rings (SSSR count). The summed E-state index contributed by atoms with van der Waals surface area (Å²) in [4.78, 5) is 27.7. The summed E-state index contributed by atoms with van der Waals surface area (Å²) in [6.07, 6.45) is 25.7. The van der Waals surface area contributed by atoms with Gasteiger partial charge < -0.3 is 0 Å². The Balaban J connectivity index is 0.931. The first kappa shape index (κ1) is 30.9. The van der Waals surface area contributed by atoms with Gasteiger partial charge in [-0.05, 0) is 0 Å². The third-order valence-electron chi connectivity index (χ3n) is 29.8. The van der Waals surface area contributed by atoms with Crippen LogP contribution >= 0.6 is 17.2 Å². The number of aromatic nitrogens is 4. The minimum atomic E-state index is -5.06. The van der Waals surface area contributed by atoms with Gasteiger partial charge in [-0.15, -0.1) is 0 Å². The molecule has 6 atom stereocenters. The third kappa shape index (κ3) is 1.09. The van der Waals surface area contributed by atoms with Crippen LogP contribution < -0.4 is 0 Å². The van der Waals surface area contributed by atoms with Crippen molar-refractivity contribution in [2.24, 2.45) is 47.3 Å². The summed E-state index contributed by atoms with van der Waals surface area (Å²) >= 11 is 0. The number of rotatable bonds is 9. The number of hydrogen-bond acceptors (Lipinski definition) is 4. The zero-order valence-electron chi connectivity index (χ0n) is 33.9. The van der Waals surface area contributed by atoms with Gasteiger partial charge in [0.25, 0.3) is 0 Å². The van der Waals surface area contributed by atoms with Gasteiger partial charge in [0.2, 0.25) is 0 Å². The maximum absolute atomic E-state index is 5.43. The van der Waals surface area contributed by atoms with Crippen molar-refractivity contribution in [3.63, 3.8) is 0 Å². The van der Waals surface area contributed by atoms with E-state index in [1.54, 1.807) is 75.9 Å². The fourth-order valence-corrected chi connectivity index (χ4v) is 126. The Morgan fingerprint density at radius 1 is 0.542 bits per heavy atom. The van der Waals surface area contributed by atoms with Crippen molar-refractivity contribution < 1.29 is 6.51 Å². The molecule has 0 N–H and O–H groups in total. The van der Waals surface area contributed by atoms with E-state index in [0.717, 1.165) is 99.2 Å². The van der Waals surface area contributed by atoms with Crippen molar-refractivity contribution in [3.05, 3.63) is 120 Å². The fraction of sp³-hybridized carbons (Fsp3) is 0.615. The molecule has 10 aliphatic heterocycles. The van der Waals surface area contributed by atoms with Gasteiger partial charge in [-0.1, -0.05) is 0 Å². The Morgan fingerprint density at radius 2 is 0.949 bits per heavy atom. The fourth-order valence-electron chi connectivity index (χ4n) is 33.3. The molecule has 7 heteroatoms. The summed E-state index contributed by atoms with van der Waals surface area (Å²) in [5.74, 6) is 10.3. The second-order valence-electron chi connectivity index (χ2n) is 26.2. The molecular weight excluding hydrogens is 798 g/mol. The molecule has 4 aromatic rings. The van der Waals surface area contributed by atoms with Crippen LogP contribution in [0.5, 0.6) is 0 Å². The first-order valence-electron chi connectivity index (χ1n) is 24.2. The van der Waals surface area contributed by atoms with Crippen LogP contribution in [0.1, 0.15) is 87.0 Å². The number of benzene rings is 2. The van der Waals surface area contributed by atoms with Crippen molar-refractivity contribution in [1.82, 2.24) is 19.9 Å². The van der Waals surface area contributed by atoms with Gasteiger partial charge in [0.15, 0.2) is 0 Å². The summed E-state index contributed by atoms with van der Waals surface area (Å²) in [6, 6.07) is 29.5. The van der Waals surface area contributed by atoms with Crippen molar-refractivity contribution in [3.8, 4) is 0 Å². The molecule has 59 heavy (non-hydrogen) atoms. The van der Waals surface area contributed by atoms with Gasteiger partial charge >= 0.3 is 344 Å². The third-order valence-corrected chi connectivity index (χ3v) is 79.8. The Morgan fingerprint density at radius 3 is 1.36 bits per heavy atom. The molecule has 0 amide bonds. The number of fused-ring (bicyclic) bond motifs is 10. The summed E-state index contributed by atoms with van der Waals surface area (Å²) in [5.41, 5.74) is 5.68. The molecule has 18 fully saturated rings. The molecule has 6 unspecified atom stereocenters. The van der Waals surface area contributed by atoms with Crippen LogP contribution in [-0.2, 0) is 20.3 Å². The Labute approximate surface area is 342 Å². The Hall–Kier alpha value is -2.02. The van der Waals surface area contributed by atoms with E-state index in [1.165, 1.54) is 0 Å². The van der Waals surface area contributed by atoms with Crippen molar-refractivity contribution in [2.75, 3.05) is 6.16 Å². The van der Waals surface area contributed by atoms with Crippen LogP contribution in [0.3, 0.4) is 0 Å². The van der Waals surface area contributed by atoms with Gasteiger partial charge in [0.05, 0.1) is 0 Å². The number of hydrogen-bond donors (Lipinski definition) is 0. The van der Waals surface area contributed by atoms with E-state index in [9.17, 15) is 0 Å². The van der Waals surface area contributed by atoms with E-state index in [-0.39, 0.29) is 12.2 Å². The van der Waals surface area contributed by atoms with E-state index in [2.05, 4.69) is 107 Å². The molecule has 302 valence electrons. The van der Waals surface area contributed by atoms with E-state index >= 15 is 0 Å². The average Bonchev–Trinajstić information content (AvgIpc) is 4.22. The molecule has 18 aliphatic rings. The molecule has 2 aromatic heterocycles. The van der Waals surface area contributed by atoms with Crippen LogP contribution in [0.15, 0.2) is 97.6 Å². The summed E-state index contributed by atoms with van der Waals surface area (Å²) in [5, 5.41) is -0.446. The normalized spacial score (nSPS) is 65.8. The second-order valence-corrected chi connectivity index (χ2v) is 52.3. The minimum absolute atomic E-state index is 0.153. The van der Waals surface area contributed by atoms with E-state index < -0.39 is 11.7 Å². The molecule has 12 heterocycles. The molecule has 4 nitrogen and oxygen atoms in total. The van der Waals surface area contributed by atoms with Gasteiger partial charge in [0, 0.05) is 0 Å². The topological polar surface area (TPSA) is 51.6 Å². The predicted molar refractivity (Wildman–Crippen MR) is 232 cm³/mol. The van der Waals surface area contributed by atoms with Gasteiger partial charge in [-0.25, -0.2) is 0 Å². The van der Waals surface area contributed by atoms with Crippen LogP contribution in [-0.4, -0.2) is 37.4 Å². The molecule has 8 aliphatic carbocycles. The first-order valence-corrected chi connectivity index (χ1v) is 32.5. The van der Waals surface area contributed by atoms with E-state index in [1.807, 2.05) is 5.56 Å². The van der Waals surface area contributed by atoms with Crippen LogP contribution in [0.25, 0.3) is 0 Å². The van der Waals surface area contributed by atoms with Crippen molar-refractivity contribution in [1.29, 1.82) is 0 Å². The summed E-state index contributed by atoms with van der Waals surface area (Å²) in [6.45, 7) is -5.06. The second kappa shape index (κ2) is 6.07. The van der Waals surface area contributed by atoms with Crippen LogP contribution in [0, 0.1) is 47.3 Å². The van der Waals surface area contributed by atoms with Crippen LogP contribution in [0.4, 0.5) is 0 Å². The molecule has 1 spiro atoms. The maximum atomic E-state index is 5.43. The van der Waals surface area contributed by atoms with Gasteiger partial charge in [-0.2, -0.15) is 0 Å². The van der Waals surface area contributed by atoms with Gasteiger partial charge in [0.1, 0.15) is 0 Å². The predicted octanol–water partition coefficient (Wildman–Crippen LogP) is 11.9. The molecule has 10 saturated heterocycles. The standard InChI is InChI=1S/C47H51N4P2.C5H5.Fe/c52-47(45-48-13-7-14-49-45,46-50-15-8-16-51-46)41-27-39(33-9-3-1-4-10-33)42(34-11-5-2-6-12-34)40(41)28-53(43-35-19-29-17-30(21-35)22-36(43)20-29)44-37-23-31-18-32(25-37)26-38(44)24-31;1-2-4-5-3-1;/h1-16,27,29-32,35-38,43-44H,17-26,28,52H2;1-5H;. The Bertz CT molecular complexity index is 2920.